The molecule has 1 aromatic rings. The SMILES string of the molecule is Cl.NCCCc1nc(C2CC2)n[nH]1. The molecule has 0 aromatic carbocycles. The highest BCUT2D eigenvalue weighted by molar-refractivity contribution is 5.85. The predicted molar refractivity (Wildman–Crippen MR) is 53.0 cm³/mol. The molecule has 1 aliphatic carbocycles. The van der Waals surface area contributed by atoms with E-state index in [1.54, 1.807) is 0 Å². The summed E-state index contributed by atoms with van der Waals surface area (Å²) in [6, 6.07) is 0. The molecule has 1 aromatic heterocycles. The Morgan fingerprint density at radius 1 is 1.46 bits per heavy atom. The molecule has 0 atom stereocenters. The minimum absolute atomic E-state index is 0. The Hall–Kier alpha value is -0.610. The molecule has 0 spiro atoms. The number of nitrogens with zero attached hydrogens (tertiary/aromatic N) is 2. The Kier molecular flexibility index (Phi) is 3.69. The molecule has 0 saturated heterocycles. The first-order valence-electron chi connectivity index (χ1n) is 4.51. The largest absolute Gasteiger partial charge is 0.330 e. The molecule has 0 radical (unpaired) electrons. The maximum atomic E-state index is 5.39. The zero-order valence-electron chi connectivity index (χ0n) is 7.49. The smallest absolute Gasteiger partial charge is 0.153 e. The molecule has 1 saturated carbocycles. The third-order valence-corrected chi connectivity index (χ3v) is 2.11. The van der Waals surface area contributed by atoms with Crippen molar-refractivity contribution in [1.29, 1.82) is 0 Å². The summed E-state index contributed by atoms with van der Waals surface area (Å²) in [5, 5.41) is 7.10. The average Bonchev–Trinajstić information content (AvgIpc) is 2.83. The van der Waals surface area contributed by atoms with Crippen LogP contribution in [0.4, 0.5) is 0 Å². The standard InChI is InChI=1S/C8H14N4.ClH/c9-5-1-2-7-10-8(12-11-7)6-3-4-6;/h6H,1-5,9H2,(H,10,11,12);1H. The van der Waals surface area contributed by atoms with Gasteiger partial charge in [0.15, 0.2) is 5.82 Å². The Morgan fingerprint density at radius 2 is 2.23 bits per heavy atom. The number of rotatable bonds is 4. The molecule has 0 bridgehead atoms. The molecule has 74 valence electrons. The topological polar surface area (TPSA) is 67.6 Å². The van der Waals surface area contributed by atoms with Gasteiger partial charge >= 0.3 is 0 Å². The van der Waals surface area contributed by atoms with E-state index in [-0.39, 0.29) is 12.4 Å². The van der Waals surface area contributed by atoms with Crippen LogP contribution in [0.5, 0.6) is 0 Å². The van der Waals surface area contributed by atoms with Gasteiger partial charge in [0.25, 0.3) is 0 Å². The van der Waals surface area contributed by atoms with Gasteiger partial charge in [-0.2, -0.15) is 5.10 Å². The molecule has 3 N–H and O–H groups in total. The van der Waals surface area contributed by atoms with E-state index in [2.05, 4.69) is 15.2 Å². The van der Waals surface area contributed by atoms with Gasteiger partial charge in [-0.25, -0.2) is 4.98 Å². The fraction of sp³-hybridized carbons (Fsp3) is 0.750. The number of hydrogen-bond acceptors (Lipinski definition) is 3. The number of nitrogens with two attached hydrogens (primary N) is 1. The fourth-order valence-corrected chi connectivity index (χ4v) is 1.22. The van der Waals surface area contributed by atoms with Crippen molar-refractivity contribution in [1.82, 2.24) is 15.2 Å². The number of H-pyrrole nitrogens is 1. The number of nitrogens with one attached hydrogen (secondary N) is 1. The van der Waals surface area contributed by atoms with Crippen LogP contribution < -0.4 is 5.73 Å². The first kappa shape index (κ1) is 10.5. The van der Waals surface area contributed by atoms with Crippen molar-refractivity contribution in [3.8, 4) is 0 Å². The van der Waals surface area contributed by atoms with E-state index in [1.807, 2.05) is 0 Å². The van der Waals surface area contributed by atoms with E-state index in [0.29, 0.717) is 5.92 Å². The highest BCUT2D eigenvalue weighted by Gasteiger charge is 2.27. The van der Waals surface area contributed by atoms with E-state index in [1.165, 1.54) is 12.8 Å². The molecular weight excluding hydrogens is 188 g/mol. The lowest BCUT2D eigenvalue weighted by Gasteiger charge is -1.90. The molecule has 2 rings (SSSR count). The lowest BCUT2D eigenvalue weighted by atomic mass is 10.3. The van der Waals surface area contributed by atoms with Crippen molar-refractivity contribution < 1.29 is 0 Å². The van der Waals surface area contributed by atoms with Gasteiger partial charge in [-0.05, 0) is 25.8 Å². The second kappa shape index (κ2) is 4.58. The Labute approximate surface area is 83.7 Å². The Balaban J connectivity index is 0.000000845. The molecule has 1 aliphatic rings. The molecule has 0 unspecified atom stereocenters. The summed E-state index contributed by atoms with van der Waals surface area (Å²) in [6.45, 7) is 0.722. The van der Waals surface area contributed by atoms with E-state index in [9.17, 15) is 0 Å². The van der Waals surface area contributed by atoms with E-state index in [0.717, 1.165) is 31.0 Å². The van der Waals surface area contributed by atoms with Crippen molar-refractivity contribution in [3.05, 3.63) is 11.6 Å². The van der Waals surface area contributed by atoms with Gasteiger partial charge in [0.2, 0.25) is 0 Å². The highest BCUT2D eigenvalue weighted by atomic mass is 35.5. The van der Waals surface area contributed by atoms with Crippen LogP contribution in [-0.4, -0.2) is 21.7 Å². The third-order valence-electron chi connectivity index (χ3n) is 2.11. The minimum atomic E-state index is 0. The number of aryl methyl sites for hydroxylation is 1. The lowest BCUT2D eigenvalue weighted by molar-refractivity contribution is 0.785. The van der Waals surface area contributed by atoms with Gasteiger partial charge in [0, 0.05) is 12.3 Å². The van der Waals surface area contributed by atoms with Crippen LogP contribution in [-0.2, 0) is 6.42 Å². The molecule has 1 fully saturated rings. The van der Waals surface area contributed by atoms with E-state index < -0.39 is 0 Å². The normalized spacial score (nSPS) is 15.5. The number of halogens is 1. The molecule has 5 heteroatoms. The Bertz CT molecular complexity index is 256. The summed E-state index contributed by atoms with van der Waals surface area (Å²) in [5.41, 5.74) is 5.39. The summed E-state index contributed by atoms with van der Waals surface area (Å²) in [6.07, 6.45) is 4.43. The fourth-order valence-electron chi connectivity index (χ4n) is 1.22. The second-order valence-corrected chi connectivity index (χ2v) is 3.31. The van der Waals surface area contributed by atoms with E-state index in [4.69, 9.17) is 5.73 Å². The first-order valence-corrected chi connectivity index (χ1v) is 4.51. The van der Waals surface area contributed by atoms with Crippen LogP contribution in [0.2, 0.25) is 0 Å². The van der Waals surface area contributed by atoms with Gasteiger partial charge in [0.1, 0.15) is 5.82 Å². The van der Waals surface area contributed by atoms with Crippen molar-refractivity contribution >= 4 is 12.4 Å². The van der Waals surface area contributed by atoms with Crippen LogP contribution in [0.25, 0.3) is 0 Å². The summed E-state index contributed by atoms with van der Waals surface area (Å²) < 4.78 is 0. The maximum Gasteiger partial charge on any atom is 0.153 e. The summed E-state index contributed by atoms with van der Waals surface area (Å²) in [7, 11) is 0. The zero-order chi connectivity index (χ0) is 8.39. The molecule has 1 heterocycles. The van der Waals surface area contributed by atoms with Gasteiger partial charge in [-0.1, -0.05) is 0 Å². The van der Waals surface area contributed by atoms with Crippen LogP contribution in [0, 0.1) is 0 Å². The molecular formula is C8H15ClN4. The third kappa shape index (κ3) is 2.67. The minimum Gasteiger partial charge on any atom is -0.330 e. The monoisotopic (exact) mass is 202 g/mol. The van der Waals surface area contributed by atoms with Crippen molar-refractivity contribution in [3.63, 3.8) is 0 Å². The molecule has 4 nitrogen and oxygen atoms in total. The number of aromatic nitrogens is 3. The van der Waals surface area contributed by atoms with Crippen LogP contribution in [0.1, 0.15) is 36.8 Å². The lowest BCUT2D eigenvalue weighted by Crippen LogP contribution is -2.01. The quantitative estimate of drug-likeness (QED) is 0.766. The van der Waals surface area contributed by atoms with Gasteiger partial charge in [0.05, 0.1) is 0 Å². The predicted octanol–water partition coefficient (Wildman–Crippen LogP) is 0.995. The average molecular weight is 203 g/mol. The highest BCUT2D eigenvalue weighted by Crippen LogP contribution is 2.37. The van der Waals surface area contributed by atoms with Crippen molar-refractivity contribution in [2.45, 2.75) is 31.6 Å². The van der Waals surface area contributed by atoms with Gasteiger partial charge < -0.3 is 5.73 Å². The zero-order valence-corrected chi connectivity index (χ0v) is 8.31. The summed E-state index contributed by atoms with van der Waals surface area (Å²) in [4.78, 5) is 4.39. The van der Waals surface area contributed by atoms with Crippen LogP contribution in [0.15, 0.2) is 0 Å². The first-order chi connectivity index (χ1) is 5.90. The molecule has 0 amide bonds. The summed E-state index contributed by atoms with van der Waals surface area (Å²) >= 11 is 0. The van der Waals surface area contributed by atoms with Crippen molar-refractivity contribution in [2.75, 3.05) is 6.54 Å². The van der Waals surface area contributed by atoms with Crippen molar-refractivity contribution in [2.24, 2.45) is 5.73 Å². The number of aromatic amines is 1. The van der Waals surface area contributed by atoms with Gasteiger partial charge in [-0.3, -0.25) is 5.10 Å². The second-order valence-electron chi connectivity index (χ2n) is 3.31. The number of hydrogen-bond donors (Lipinski definition) is 2. The van der Waals surface area contributed by atoms with Gasteiger partial charge in [-0.15, -0.1) is 12.4 Å². The van der Waals surface area contributed by atoms with Crippen LogP contribution in [0.3, 0.4) is 0 Å². The van der Waals surface area contributed by atoms with Crippen LogP contribution >= 0.6 is 12.4 Å². The molecule has 13 heavy (non-hydrogen) atoms. The maximum absolute atomic E-state index is 5.39. The van der Waals surface area contributed by atoms with E-state index >= 15 is 0 Å². The molecule has 0 aliphatic heterocycles. The Morgan fingerprint density at radius 3 is 2.85 bits per heavy atom. The summed E-state index contributed by atoms with van der Waals surface area (Å²) in [5.74, 6) is 2.64.